The van der Waals surface area contributed by atoms with Gasteiger partial charge in [-0.1, -0.05) is 53.2 Å². The molecule has 2 saturated heterocycles. The SMILES string of the molecule is CC[C@H](C)[C@@H]([C@@H](CC(=O)N1CCCC1[C@H](OC)[C@@H](C)C(=O)NC(CO)Cc1cccc(NC(=O)O)c1)OC)N(C)C(=O)C(NC(=O)[C@@H]1[C@H]2CC[C@H](C2)N1C)C(C)C. The van der Waals surface area contributed by atoms with Crippen molar-refractivity contribution in [1.82, 2.24) is 25.3 Å². The van der Waals surface area contributed by atoms with Crippen molar-refractivity contribution in [2.24, 2.45) is 23.7 Å². The van der Waals surface area contributed by atoms with E-state index in [4.69, 9.17) is 14.6 Å². The second kappa shape index (κ2) is 20.8. The molecule has 2 bridgehead atoms. The molecule has 1 aromatic carbocycles. The van der Waals surface area contributed by atoms with E-state index in [0.29, 0.717) is 30.6 Å². The topological polar surface area (TPSA) is 190 Å². The van der Waals surface area contributed by atoms with Crippen molar-refractivity contribution < 1.29 is 43.7 Å². The number of rotatable bonds is 20. The first kappa shape index (κ1) is 45.9. The fraction of sp³-hybridized carbons (Fsp3) is 0.738. The van der Waals surface area contributed by atoms with Gasteiger partial charge in [0.25, 0.3) is 0 Å². The van der Waals surface area contributed by atoms with E-state index in [0.717, 1.165) is 37.7 Å². The third kappa shape index (κ3) is 11.0. The molecule has 3 fully saturated rings. The maximum absolute atomic E-state index is 14.3. The molecule has 57 heavy (non-hydrogen) atoms. The van der Waals surface area contributed by atoms with Crippen LogP contribution in [0.4, 0.5) is 10.5 Å². The first-order chi connectivity index (χ1) is 27.1. The van der Waals surface area contributed by atoms with E-state index in [-0.39, 0.29) is 61.0 Å². The molecule has 1 saturated carbocycles. The summed E-state index contributed by atoms with van der Waals surface area (Å²) in [6, 6.07) is 4.70. The number of hydrogen-bond donors (Lipinski definition) is 5. The van der Waals surface area contributed by atoms with Crippen molar-refractivity contribution in [3.05, 3.63) is 29.8 Å². The predicted octanol–water partition coefficient (Wildman–Crippen LogP) is 3.34. The number of methoxy groups -OCH3 is 2. The van der Waals surface area contributed by atoms with Gasteiger partial charge in [-0.15, -0.1) is 0 Å². The summed E-state index contributed by atoms with van der Waals surface area (Å²) in [5.74, 6) is -1.39. The predicted molar refractivity (Wildman–Crippen MR) is 216 cm³/mol. The van der Waals surface area contributed by atoms with E-state index < -0.39 is 48.4 Å². The molecule has 0 spiro atoms. The van der Waals surface area contributed by atoms with Crippen LogP contribution in [-0.2, 0) is 35.1 Å². The van der Waals surface area contributed by atoms with Gasteiger partial charge < -0.3 is 40.1 Å². The van der Waals surface area contributed by atoms with Crippen LogP contribution in [0.1, 0.15) is 85.1 Å². The number of anilines is 1. The van der Waals surface area contributed by atoms with Gasteiger partial charge in [-0.2, -0.15) is 0 Å². The molecule has 0 radical (unpaired) electrons. The quantitative estimate of drug-likeness (QED) is 0.131. The highest BCUT2D eigenvalue weighted by Gasteiger charge is 2.49. The van der Waals surface area contributed by atoms with E-state index in [1.807, 2.05) is 34.7 Å². The lowest BCUT2D eigenvalue weighted by molar-refractivity contribution is -0.148. The zero-order valence-corrected chi connectivity index (χ0v) is 35.4. The zero-order valence-electron chi connectivity index (χ0n) is 35.4. The molecule has 2 aliphatic heterocycles. The summed E-state index contributed by atoms with van der Waals surface area (Å²) in [5, 5.41) is 27.6. The average molecular weight is 801 g/mol. The lowest BCUT2D eigenvalue weighted by Crippen LogP contribution is -2.60. The van der Waals surface area contributed by atoms with Gasteiger partial charge in [0.05, 0.1) is 55.3 Å². The maximum Gasteiger partial charge on any atom is 0.409 e. The first-order valence-electron chi connectivity index (χ1n) is 20.7. The molecule has 3 aliphatic rings. The molecule has 1 aromatic rings. The number of nitrogens with one attached hydrogen (secondary N) is 3. The highest BCUT2D eigenvalue weighted by atomic mass is 16.5. The van der Waals surface area contributed by atoms with Gasteiger partial charge in [-0.25, -0.2) is 4.79 Å². The van der Waals surface area contributed by atoms with E-state index >= 15 is 0 Å². The lowest BCUT2D eigenvalue weighted by Gasteiger charge is -2.41. The monoisotopic (exact) mass is 801 g/mol. The van der Waals surface area contributed by atoms with E-state index in [9.17, 15) is 29.1 Å². The van der Waals surface area contributed by atoms with Crippen LogP contribution < -0.4 is 16.0 Å². The number of ether oxygens (including phenoxy) is 2. The summed E-state index contributed by atoms with van der Waals surface area (Å²) in [6.45, 7) is 9.84. The number of nitrogens with zero attached hydrogens (tertiary/aromatic N) is 3. The molecule has 320 valence electrons. The molecule has 5 N–H and O–H groups in total. The van der Waals surface area contributed by atoms with Crippen LogP contribution in [-0.4, -0.2) is 145 Å². The number of aliphatic hydroxyl groups is 1. The van der Waals surface area contributed by atoms with Crippen LogP contribution in [0.15, 0.2) is 24.3 Å². The van der Waals surface area contributed by atoms with Crippen molar-refractivity contribution in [2.75, 3.05) is 46.8 Å². The summed E-state index contributed by atoms with van der Waals surface area (Å²) >= 11 is 0. The van der Waals surface area contributed by atoms with Crippen LogP contribution >= 0.6 is 0 Å². The Kier molecular flexibility index (Phi) is 16.7. The van der Waals surface area contributed by atoms with E-state index in [1.54, 1.807) is 55.1 Å². The molecule has 11 atom stereocenters. The Hall–Kier alpha value is -3.79. The molecular weight excluding hydrogens is 732 g/mol. The maximum atomic E-state index is 14.3. The van der Waals surface area contributed by atoms with Crippen molar-refractivity contribution in [2.45, 2.75) is 134 Å². The fourth-order valence-electron chi connectivity index (χ4n) is 9.56. The van der Waals surface area contributed by atoms with Crippen LogP contribution in [0, 0.1) is 23.7 Å². The molecule has 15 nitrogen and oxygen atoms in total. The summed E-state index contributed by atoms with van der Waals surface area (Å²) in [4.78, 5) is 72.5. The molecule has 0 aromatic heterocycles. The van der Waals surface area contributed by atoms with Gasteiger partial charge in [-0.3, -0.25) is 29.4 Å². The Balaban J connectivity index is 1.44. The molecule has 1 aliphatic carbocycles. The number of likely N-dealkylation sites (tertiary alicyclic amines) is 2. The van der Waals surface area contributed by atoms with Gasteiger partial charge in [0.15, 0.2) is 0 Å². The molecule has 3 unspecified atom stereocenters. The van der Waals surface area contributed by atoms with Gasteiger partial charge in [0, 0.05) is 39.5 Å². The summed E-state index contributed by atoms with van der Waals surface area (Å²) in [5.41, 5.74) is 1.11. The Bertz CT molecular complexity index is 1540. The third-order valence-electron chi connectivity index (χ3n) is 12.9. The normalized spacial score (nSPS) is 24.3. The Morgan fingerprint density at radius 2 is 1.74 bits per heavy atom. The summed E-state index contributed by atoms with van der Waals surface area (Å²) < 4.78 is 12.0. The minimum atomic E-state index is -1.19. The number of hydrogen-bond acceptors (Lipinski definition) is 9. The molecule has 5 amide bonds. The Labute approximate surface area is 338 Å². The zero-order chi connectivity index (χ0) is 42.1. The second-order valence-corrected chi connectivity index (χ2v) is 16.9. The van der Waals surface area contributed by atoms with Crippen molar-refractivity contribution in [3.8, 4) is 0 Å². The number of carbonyl (C=O) groups excluding carboxylic acids is 4. The van der Waals surface area contributed by atoms with Crippen LogP contribution in [0.5, 0.6) is 0 Å². The highest BCUT2D eigenvalue weighted by Crippen LogP contribution is 2.41. The van der Waals surface area contributed by atoms with Gasteiger partial charge in [0.1, 0.15) is 6.04 Å². The van der Waals surface area contributed by atoms with Crippen LogP contribution in [0.3, 0.4) is 0 Å². The number of benzene rings is 1. The van der Waals surface area contributed by atoms with E-state index in [1.165, 1.54) is 7.11 Å². The summed E-state index contributed by atoms with van der Waals surface area (Å²) in [7, 11) is 6.82. The minimum absolute atomic E-state index is 0.00760. The molecule has 2 heterocycles. The van der Waals surface area contributed by atoms with Gasteiger partial charge in [0.2, 0.25) is 23.6 Å². The average Bonchev–Trinajstić information content (AvgIpc) is 3.93. The molecular formula is C42H68N6O9. The van der Waals surface area contributed by atoms with Crippen LogP contribution in [0.2, 0.25) is 0 Å². The smallest absolute Gasteiger partial charge is 0.409 e. The molecule has 4 rings (SSSR count). The fourth-order valence-corrected chi connectivity index (χ4v) is 9.56. The van der Waals surface area contributed by atoms with Gasteiger partial charge in [-0.05, 0) is 81.0 Å². The van der Waals surface area contributed by atoms with E-state index in [2.05, 4.69) is 20.9 Å². The molecule has 15 heteroatoms. The second-order valence-electron chi connectivity index (χ2n) is 16.9. The van der Waals surface area contributed by atoms with Crippen LogP contribution in [0.25, 0.3) is 0 Å². The number of likely N-dealkylation sites (N-methyl/N-ethyl adjacent to an activating group) is 2. The third-order valence-corrected chi connectivity index (χ3v) is 12.9. The number of piperidine rings is 1. The Morgan fingerprint density at radius 1 is 1.02 bits per heavy atom. The highest BCUT2D eigenvalue weighted by molar-refractivity contribution is 5.90. The standard InChI is InChI=1S/C42H68N6O9/c1-10-25(4)36(47(7)41(53)35(24(2)3)45-40(52)37-28-16-17-31(21-28)46(37)6)33(56-8)22-34(50)48-18-12-15-32(48)38(57-9)26(5)39(51)43-30(23-49)20-27-13-11-14-29(19-27)44-42(54)55/h11,13-14,19,24-26,28,30-33,35-38,44,49H,10,12,15-18,20-23H2,1-9H3,(H,43,51)(H,45,52)(H,54,55)/t25-,26+,28-,30?,31+,32?,33+,35?,36-,37-,38+/m0/s1. The van der Waals surface area contributed by atoms with Crippen molar-refractivity contribution in [1.29, 1.82) is 0 Å². The van der Waals surface area contributed by atoms with Crippen molar-refractivity contribution in [3.63, 3.8) is 0 Å². The number of fused-ring (bicyclic) bond motifs is 2. The van der Waals surface area contributed by atoms with Gasteiger partial charge >= 0.3 is 6.09 Å². The number of carbonyl (C=O) groups is 5. The minimum Gasteiger partial charge on any atom is -0.465 e. The number of carboxylic acid groups (broad SMARTS) is 1. The largest absolute Gasteiger partial charge is 0.465 e. The lowest BCUT2D eigenvalue weighted by atomic mass is 9.89. The number of amides is 5. The Morgan fingerprint density at radius 3 is 2.32 bits per heavy atom. The summed E-state index contributed by atoms with van der Waals surface area (Å²) in [6.07, 6.45) is 3.04. The first-order valence-corrected chi connectivity index (χ1v) is 20.7. The number of aliphatic hydroxyl groups excluding tert-OH is 1. The van der Waals surface area contributed by atoms with Crippen molar-refractivity contribution >= 4 is 35.4 Å².